The molecule has 4 atom stereocenters. The molecule has 0 spiro atoms. The Morgan fingerprint density at radius 3 is 1.27 bits per heavy atom. The van der Waals surface area contributed by atoms with Crippen molar-refractivity contribution >= 4 is 34.8 Å². The van der Waals surface area contributed by atoms with E-state index in [0.29, 0.717) is 48.2 Å². The number of nitrogens with zero attached hydrogens (tertiary/aromatic N) is 8. The highest BCUT2D eigenvalue weighted by Gasteiger charge is 2.38. The number of aryl methyl sites for hydroxylation is 4. The van der Waals surface area contributed by atoms with Gasteiger partial charge in [-0.1, -0.05) is 74.2 Å². The predicted octanol–water partition coefficient (Wildman–Crippen LogP) is 7.24. The molecule has 62 heavy (non-hydrogen) atoms. The summed E-state index contributed by atoms with van der Waals surface area (Å²) in [5.41, 5.74) is 7.75. The van der Waals surface area contributed by atoms with Gasteiger partial charge < -0.3 is 10.6 Å². The first-order valence-corrected chi connectivity index (χ1v) is 20.7. The minimum atomic E-state index is -0.429. The number of benzene rings is 2. The van der Waals surface area contributed by atoms with Crippen LogP contribution in [0.1, 0.15) is 94.9 Å². The second kappa shape index (κ2) is 18.9. The van der Waals surface area contributed by atoms with Crippen molar-refractivity contribution in [1.82, 2.24) is 40.0 Å². The summed E-state index contributed by atoms with van der Waals surface area (Å²) in [5, 5.41) is 46.4. The monoisotopic (exact) mass is 832 g/mol. The molecule has 0 bridgehead atoms. The van der Waals surface area contributed by atoms with Crippen LogP contribution in [-0.4, -0.2) is 63.3 Å². The van der Waals surface area contributed by atoms with Crippen molar-refractivity contribution in [3.8, 4) is 34.7 Å². The minimum absolute atomic E-state index is 0.0173. The van der Waals surface area contributed by atoms with Gasteiger partial charge in [0.1, 0.15) is 12.1 Å². The molecule has 0 radical (unpaired) electrons. The Labute approximate surface area is 358 Å². The standard InChI is InChI=1S/2C23H24N6O2/c2*1-14-11-19(27-26-14)15-7-9-16(10-8-15)22(30)17-5-3-4-6-18(17)23(31)25-21-13-29(2)28-20(21)12-24/h2*7-11,13,17-18H,3-6H2,1-2H3,(H,25,31)(H,26,27). The van der Waals surface area contributed by atoms with Crippen molar-refractivity contribution in [2.75, 3.05) is 10.6 Å². The number of rotatable bonds is 10. The van der Waals surface area contributed by atoms with Crippen LogP contribution in [0.4, 0.5) is 11.4 Å². The van der Waals surface area contributed by atoms with E-state index in [9.17, 15) is 29.7 Å². The molecular weight excluding hydrogens is 785 g/mol. The first-order valence-electron chi connectivity index (χ1n) is 20.7. The third-order valence-corrected chi connectivity index (χ3v) is 11.6. The number of amides is 2. The summed E-state index contributed by atoms with van der Waals surface area (Å²) in [6.07, 6.45) is 9.49. The lowest BCUT2D eigenvalue weighted by molar-refractivity contribution is -0.122. The van der Waals surface area contributed by atoms with Gasteiger partial charge in [0, 0.05) is 83.8 Å². The van der Waals surface area contributed by atoms with Crippen LogP contribution in [-0.2, 0) is 23.7 Å². The number of hydrogen-bond donors (Lipinski definition) is 4. The van der Waals surface area contributed by atoms with Gasteiger partial charge in [0.25, 0.3) is 0 Å². The second-order valence-electron chi connectivity index (χ2n) is 16.1. The molecule has 2 amide bonds. The number of nitrogens with one attached hydrogen (secondary N) is 4. The number of aromatic nitrogens is 8. The summed E-state index contributed by atoms with van der Waals surface area (Å²) in [6.45, 7) is 3.88. The SMILES string of the molecule is Cc1cc(-c2ccc(C(=O)C3CCCCC3C(=O)Nc3cn(C)nc3C#N)cc2)n[nH]1.Cc1cc(-c2ccc(C(=O)C3CCCCC3C(=O)Nc3cn(C)nc3C#N)cc2)n[nH]1. The zero-order valence-corrected chi connectivity index (χ0v) is 35.1. The quantitative estimate of drug-likeness (QED) is 0.101. The average Bonchev–Trinajstić information content (AvgIpc) is 4.10. The lowest BCUT2D eigenvalue weighted by Crippen LogP contribution is -2.36. The van der Waals surface area contributed by atoms with E-state index in [4.69, 9.17) is 0 Å². The molecule has 6 aromatic rings. The van der Waals surface area contributed by atoms with Gasteiger partial charge in [0.05, 0.1) is 22.8 Å². The number of carbonyl (C=O) groups is 4. The van der Waals surface area contributed by atoms with Gasteiger partial charge in [-0.25, -0.2) is 0 Å². The van der Waals surface area contributed by atoms with Gasteiger partial charge >= 0.3 is 0 Å². The van der Waals surface area contributed by atoms with E-state index in [-0.39, 0.29) is 46.6 Å². The Hall–Kier alpha value is -7.46. The molecule has 2 aromatic carbocycles. The minimum Gasteiger partial charge on any atom is -0.322 e. The maximum atomic E-state index is 13.3. The van der Waals surface area contributed by atoms with Crippen molar-refractivity contribution in [2.45, 2.75) is 65.2 Å². The van der Waals surface area contributed by atoms with E-state index in [1.54, 1.807) is 50.8 Å². The predicted molar refractivity (Wildman–Crippen MR) is 230 cm³/mol. The fourth-order valence-electron chi connectivity index (χ4n) is 8.46. The molecule has 8 rings (SSSR count). The molecule has 4 heterocycles. The zero-order chi connectivity index (χ0) is 43.9. The maximum Gasteiger partial charge on any atom is 0.228 e. The summed E-state index contributed by atoms with van der Waals surface area (Å²) in [7, 11) is 3.38. The molecule has 16 heteroatoms. The summed E-state index contributed by atoms with van der Waals surface area (Å²) in [5.74, 6) is -2.11. The lowest BCUT2D eigenvalue weighted by Gasteiger charge is -2.29. The molecule has 2 saturated carbocycles. The lowest BCUT2D eigenvalue weighted by atomic mass is 9.75. The van der Waals surface area contributed by atoms with Gasteiger partial charge in [-0.3, -0.25) is 38.7 Å². The highest BCUT2D eigenvalue weighted by molar-refractivity contribution is 6.04. The second-order valence-corrected chi connectivity index (χ2v) is 16.1. The molecule has 316 valence electrons. The van der Waals surface area contributed by atoms with E-state index in [1.807, 2.05) is 62.4 Å². The molecule has 4 N–H and O–H groups in total. The summed E-state index contributed by atoms with van der Waals surface area (Å²) >= 11 is 0. The Balaban J connectivity index is 0.000000186. The van der Waals surface area contributed by atoms with Crippen molar-refractivity contribution in [3.05, 3.63) is 107 Å². The first-order chi connectivity index (χ1) is 29.9. The van der Waals surface area contributed by atoms with Crippen LogP contribution >= 0.6 is 0 Å². The van der Waals surface area contributed by atoms with Crippen LogP contribution in [0.25, 0.3) is 22.5 Å². The number of ketones is 2. The molecule has 2 fully saturated rings. The van der Waals surface area contributed by atoms with Crippen LogP contribution in [0.15, 0.2) is 73.1 Å². The Kier molecular flexibility index (Phi) is 13.0. The highest BCUT2D eigenvalue weighted by atomic mass is 16.2. The van der Waals surface area contributed by atoms with Crippen LogP contribution in [0.2, 0.25) is 0 Å². The number of hydrogen-bond acceptors (Lipinski definition) is 10. The summed E-state index contributed by atoms with van der Waals surface area (Å²) in [6, 6.07) is 22.6. The molecule has 0 aliphatic heterocycles. The first kappa shape index (κ1) is 42.7. The van der Waals surface area contributed by atoms with Crippen molar-refractivity contribution in [1.29, 1.82) is 10.5 Å². The smallest absolute Gasteiger partial charge is 0.228 e. The summed E-state index contributed by atoms with van der Waals surface area (Å²) in [4.78, 5) is 52.6. The van der Waals surface area contributed by atoms with E-state index in [2.05, 4.69) is 41.2 Å². The van der Waals surface area contributed by atoms with Crippen LogP contribution in [0.5, 0.6) is 0 Å². The molecule has 0 saturated heterocycles. The summed E-state index contributed by atoms with van der Waals surface area (Å²) < 4.78 is 2.97. The third kappa shape index (κ3) is 9.61. The van der Waals surface area contributed by atoms with Gasteiger partial charge in [0.15, 0.2) is 23.0 Å². The number of aromatic amines is 2. The number of Topliss-reactive ketones (excluding diaryl/α,β-unsaturated/α-hetero) is 2. The maximum absolute atomic E-state index is 13.3. The number of nitriles is 2. The van der Waals surface area contributed by atoms with Gasteiger partial charge in [-0.05, 0) is 51.7 Å². The molecule has 2 aliphatic rings. The number of carbonyl (C=O) groups excluding carboxylic acids is 4. The topological polar surface area (TPSA) is 233 Å². The number of H-pyrrole nitrogens is 2. The van der Waals surface area contributed by atoms with E-state index in [0.717, 1.165) is 59.6 Å². The van der Waals surface area contributed by atoms with Gasteiger partial charge in [-0.15, -0.1) is 0 Å². The van der Waals surface area contributed by atoms with E-state index in [1.165, 1.54) is 9.36 Å². The molecule has 2 aliphatic carbocycles. The average molecular weight is 833 g/mol. The van der Waals surface area contributed by atoms with Gasteiger partial charge in [0.2, 0.25) is 11.8 Å². The Morgan fingerprint density at radius 2 is 0.952 bits per heavy atom. The van der Waals surface area contributed by atoms with Crippen molar-refractivity contribution in [2.24, 2.45) is 37.8 Å². The van der Waals surface area contributed by atoms with Crippen LogP contribution in [0.3, 0.4) is 0 Å². The van der Waals surface area contributed by atoms with Gasteiger partial charge in [-0.2, -0.15) is 30.9 Å². The molecular formula is C46H48N12O4. The van der Waals surface area contributed by atoms with E-state index < -0.39 is 11.8 Å². The largest absolute Gasteiger partial charge is 0.322 e. The van der Waals surface area contributed by atoms with Crippen molar-refractivity contribution < 1.29 is 19.2 Å². The zero-order valence-electron chi connectivity index (χ0n) is 35.1. The van der Waals surface area contributed by atoms with Crippen LogP contribution < -0.4 is 10.6 Å². The Bertz CT molecular complexity index is 2490. The third-order valence-electron chi connectivity index (χ3n) is 11.6. The highest BCUT2D eigenvalue weighted by Crippen LogP contribution is 2.36. The van der Waals surface area contributed by atoms with E-state index >= 15 is 0 Å². The normalized spacial score (nSPS) is 18.4. The molecule has 4 unspecified atom stereocenters. The Morgan fingerprint density at radius 1 is 0.597 bits per heavy atom. The molecule has 16 nitrogen and oxygen atoms in total. The fraction of sp³-hybridized carbons (Fsp3) is 0.348. The fourth-order valence-corrected chi connectivity index (χ4v) is 8.46. The van der Waals surface area contributed by atoms with Crippen LogP contribution in [0, 0.1) is 60.2 Å². The molecule has 4 aromatic heterocycles. The van der Waals surface area contributed by atoms with Crippen molar-refractivity contribution in [3.63, 3.8) is 0 Å². The number of anilines is 2.